The molecule has 0 radical (unpaired) electrons. The highest BCUT2D eigenvalue weighted by Gasteiger charge is 2.27. The summed E-state index contributed by atoms with van der Waals surface area (Å²) in [4.78, 5) is 36.1. The van der Waals surface area contributed by atoms with Gasteiger partial charge in [0.05, 0.1) is 20.1 Å². The number of rotatable bonds is 8. The third-order valence-corrected chi connectivity index (χ3v) is 4.88. The minimum Gasteiger partial charge on any atom is -0.497 e. The summed E-state index contributed by atoms with van der Waals surface area (Å²) in [5, 5.41) is 2.76. The van der Waals surface area contributed by atoms with Crippen molar-refractivity contribution in [3.8, 4) is 11.5 Å². The number of anilines is 1. The number of hydrogen-bond donors (Lipinski definition) is 1. The maximum absolute atomic E-state index is 12.4. The molecule has 1 N–H and O–H groups in total. The minimum atomic E-state index is -0.466. The Bertz CT molecular complexity index is 930. The van der Waals surface area contributed by atoms with Crippen molar-refractivity contribution in [2.75, 3.05) is 26.1 Å². The summed E-state index contributed by atoms with van der Waals surface area (Å²) in [7, 11) is 3.12. The molecule has 1 atom stereocenters. The normalized spacial score (nSPS) is 14.7. The number of esters is 1. The number of ketones is 1. The Hall–Kier alpha value is -3.35. The lowest BCUT2D eigenvalue weighted by Gasteiger charge is -2.09. The van der Waals surface area contributed by atoms with Gasteiger partial charge in [-0.3, -0.25) is 14.4 Å². The number of Topliss-reactive ketones (excluding diaryl/α,β-unsaturated/α-hetero) is 1. The van der Waals surface area contributed by atoms with Crippen molar-refractivity contribution >= 4 is 23.3 Å². The molecule has 7 nitrogen and oxygen atoms in total. The molecule has 1 aliphatic heterocycles. The largest absolute Gasteiger partial charge is 0.497 e. The van der Waals surface area contributed by atoms with Crippen molar-refractivity contribution in [3.63, 3.8) is 0 Å². The van der Waals surface area contributed by atoms with Gasteiger partial charge >= 0.3 is 5.97 Å². The van der Waals surface area contributed by atoms with Crippen LogP contribution in [0.4, 0.5) is 5.69 Å². The highest BCUT2D eigenvalue weighted by molar-refractivity contribution is 6.05. The molecule has 1 amide bonds. The SMILES string of the molecule is COc1cc(CCC(=O)OCC(=O)c2ccc3c(c2)[C@@H](C)C(=O)N3)cc(OC)c1. The van der Waals surface area contributed by atoms with Gasteiger partial charge in [-0.25, -0.2) is 0 Å². The van der Waals surface area contributed by atoms with Crippen LogP contribution in [0, 0.1) is 0 Å². The van der Waals surface area contributed by atoms with Gasteiger partial charge in [-0.15, -0.1) is 0 Å². The van der Waals surface area contributed by atoms with E-state index in [4.69, 9.17) is 14.2 Å². The van der Waals surface area contributed by atoms with Crippen LogP contribution in [0.25, 0.3) is 0 Å². The van der Waals surface area contributed by atoms with Crippen molar-refractivity contribution < 1.29 is 28.6 Å². The Morgan fingerprint density at radius 1 is 1.03 bits per heavy atom. The van der Waals surface area contributed by atoms with E-state index in [1.54, 1.807) is 45.4 Å². The van der Waals surface area contributed by atoms with Gasteiger partial charge in [0.1, 0.15) is 11.5 Å². The maximum Gasteiger partial charge on any atom is 0.306 e. The smallest absolute Gasteiger partial charge is 0.306 e. The van der Waals surface area contributed by atoms with E-state index in [1.807, 2.05) is 12.1 Å². The lowest BCUT2D eigenvalue weighted by molar-refractivity contribution is -0.142. The lowest BCUT2D eigenvalue weighted by atomic mass is 9.99. The summed E-state index contributed by atoms with van der Waals surface area (Å²) in [6.45, 7) is 1.44. The fraction of sp³-hybridized carbons (Fsp3) is 0.318. The Labute approximate surface area is 169 Å². The third kappa shape index (κ3) is 4.74. The van der Waals surface area contributed by atoms with E-state index >= 15 is 0 Å². The number of nitrogens with one attached hydrogen (secondary N) is 1. The zero-order valence-electron chi connectivity index (χ0n) is 16.6. The van der Waals surface area contributed by atoms with Gasteiger partial charge in [0.2, 0.25) is 5.91 Å². The van der Waals surface area contributed by atoms with Crippen LogP contribution >= 0.6 is 0 Å². The van der Waals surface area contributed by atoms with Gasteiger partial charge in [0, 0.05) is 23.7 Å². The summed E-state index contributed by atoms with van der Waals surface area (Å²) in [6, 6.07) is 10.4. The van der Waals surface area contributed by atoms with Gasteiger partial charge in [-0.2, -0.15) is 0 Å². The van der Waals surface area contributed by atoms with Gasteiger partial charge in [-0.1, -0.05) is 0 Å². The maximum atomic E-state index is 12.4. The van der Waals surface area contributed by atoms with Crippen LogP contribution in [-0.2, 0) is 20.7 Å². The molecular weight excluding hydrogens is 374 g/mol. The molecule has 0 aromatic heterocycles. The number of hydrogen-bond acceptors (Lipinski definition) is 6. The molecule has 152 valence electrons. The van der Waals surface area contributed by atoms with E-state index in [9.17, 15) is 14.4 Å². The molecular formula is C22H23NO6. The van der Waals surface area contributed by atoms with Gasteiger partial charge in [0.25, 0.3) is 0 Å². The Morgan fingerprint density at radius 3 is 2.38 bits per heavy atom. The lowest BCUT2D eigenvalue weighted by Crippen LogP contribution is -2.15. The number of ether oxygens (including phenoxy) is 3. The molecule has 2 aromatic carbocycles. The fourth-order valence-corrected chi connectivity index (χ4v) is 3.15. The Kier molecular flexibility index (Phi) is 6.16. The topological polar surface area (TPSA) is 90.9 Å². The van der Waals surface area contributed by atoms with E-state index in [1.165, 1.54) is 0 Å². The first kappa shape index (κ1) is 20.4. The summed E-state index contributed by atoms with van der Waals surface area (Å²) >= 11 is 0. The van der Waals surface area contributed by atoms with Crippen molar-refractivity contribution in [1.82, 2.24) is 0 Å². The molecule has 0 saturated heterocycles. The van der Waals surface area contributed by atoms with E-state index in [0.29, 0.717) is 29.2 Å². The first-order valence-corrected chi connectivity index (χ1v) is 9.27. The Balaban J connectivity index is 1.54. The highest BCUT2D eigenvalue weighted by Crippen LogP contribution is 2.32. The first-order valence-electron chi connectivity index (χ1n) is 9.27. The van der Waals surface area contributed by atoms with Crippen molar-refractivity contribution in [3.05, 3.63) is 53.1 Å². The molecule has 29 heavy (non-hydrogen) atoms. The zero-order chi connectivity index (χ0) is 21.0. The second kappa shape index (κ2) is 8.77. The van der Waals surface area contributed by atoms with Crippen LogP contribution in [0.5, 0.6) is 11.5 Å². The third-order valence-electron chi connectivity index (χ3n) is 4.88. The van der Waals surface area contributed by atoms with E-state index in [-0.39, 0.29) is 30.6 Å². The molecule has 2 aromatic rings. The molecule has 0 unspecified atom stereocenters. The Morgan fingerprint density at radius 2 is 1.72 bits per heavy atom. The molecule has 0 aliphatic carbocycles. The van der Waals surface area contributed by atoms with Crippen LogP contribution in [-0.4, -0.2) is 38.5 Å². The number of methoxy groups -OCH3 is 2. The van der Waals surface area contributed by atoms with Crippen LogP contribution < -0.4 is 14.8 Å². The first-order chi connectivity index (χ1) is 13.9. The number of benzene rings is 2. The number of amides is 1. The number of carbonyl (C=O) groups excluding carboxylic acids is 3. The molecule has 0 fully saturated rings. The highest BCUT2D eigenvalue weighted by atomic mass is 16.5. The van der Waals surface area contributed by atoms with Crippen LogP contribution in [0.1, 0.15) is 40.7 Å². The molecule has 3 rings (SSSR count). The van der Waals surface area contributed by atoms with Crippen molar-refractivity contribution in [2.24, 2.45) is 0 Å². The fourth-order valence-electron chi connectivity index (χ4n) is 3.15. The van der Waals surface area contributed by atoms with E-state index < -0.39 is 5.97 Å². The summed E-state index contributed by atoms with van der Waals surface area (Å²) in [5.74, 6) is 0.107. The molecule has 0 saturated carbocycles. The van der Waals surface area contributed by atoms with Gasteiger partial charge in [-0.05, 0) is 54.8 Å². The molecule has 0 bridgehead atoms. The monoisotopic (exact) mass is 397 g/mol. The van der Waals surface area contributed by atoms with E-state index in [2.05, 4.69) is 5.32 Å². The average Bonchev–Trinajstić information content (AvgIpc) is 3.03. The quantitative estimate of drug-likeness (QED) is 0.544. The number of fused-ring (bicyclic) bond motifs is 1. The van der Waals surface area contributed by atoms with Gasteiger partial charge in [0.15, 0.2) is 12.4 Å². The predicted octanol–water partition coefficient (Wildman–Crippen LogP) is 3.12. The summed E-state index contributed by atoms with van der Waals surface area (Å²) in [5.41, 5.74) is 2.77. The van der Waals surface area contributed by atoms with Crippen molar-refractivity contribution in [2.45, 2.75) is 25.7 Å². The second-order valence-electron chi connectivity index (χ2n) is 6.82. The van der Waals surface area contributed by atoms with E-state index in [0.717, 1.165) is 11.1 Å². The van der Waals surface area contributed by atoms with Crippen LogP contribution in [0.3, 0.4) is 0 Å². The predicted molar refractivity (Wildman–Crippen MR) is 107 cm³/mol. The molecule has 1 heterocycles. The standard InChI is InChI=1S/C22H23NO6/c1-13-18-10-15(5-6-19(18)23-22(13)26)20(24)12-29-21(25)7-4-14-8-16(27-2)11-17(9-14)28-3/h5-6,8-11,13H,4,7,12H2,1-3H3,(H,23,26)/t13-/m1/s1. The molecule has 7 heteroatoms. The average molecular weight is 397 g/mol. The van der Waals surface area contributed by atoms with Crippen LogP contribution in [0.2, 0.25) is 0 Å². The second-order valence-corrected chi connectivity index (χ2v) is 6.82. The minimum absolute atomic E-state index is 0.0924. The molecule has 0 spiro atoms. The van der Waals surface area contributed by atoms with Crippen molar-refractivity contribution in [1.29, 1.82) is 0 Å². The number of aryl methyl sites for hydroxylation is 1. The van der Waals surface area contributed by atoms with Gasteiger partial charge < -0.3 is 19.5 Å². The summed E-state index contributed by atoms with van der Waals surface area (Å²) < 4.78 is 15.6. The number of carbonyl (C=O) groups is 3. The van der Waals surface area contributed by atoms with Crippen LogP contribution in [0.15, 0.2) is 36.4 Å². The summed E-state index contributed by atoms with van der Waals surface area (Å²) in [6.07, 6.45) is 0.563. The zero-order valence-corrected chi connectivity index (χ0v) is 16.6. The molecule has 1 aliphatic rings.